The molecule has 1 aliphatic rings. The van der Waals surface area contributed by atoms with Crippen molar-refractivity contribution in [3.63, 3.8) is 0 Å². The molecule has 0 aliphatic heterocycles. The predicted octanol–water partition coefficient (Wildman–Crippen LogP) is 8.54. The average molecular weight is 991 g/mol. The summed E-state index contributed by atoms with van der Waals surface area (Å²) in [5.74, 6) is -3.26. The van der Waals surface area contributed by atoms with Crippen LogP contribution in [0, 0.1) is 11.8 Å². The Labute approximate surface area is 422 Å². The van der Waals surface area contributed by atoms with Crippen molar-refractivity contribution in [2.24, 2.45) is 11.8 Å². The minimum absolute atomic E-state index is 0.0379. The number of rotatable bonds is 27. The molecule has 72 heavy (non-hydrogen) atoms. The maximum absolute atomic E-state index is 14.0. The number of ether oxygens (including phenoxy) is 5. The van der Waals surface area contributed by atoms with Gasteiger partial charge in [-0.1, -0.05) is 154 Å². The summed E-state index contributed by atoms with van der Waals surface area (Å²) < 4.78 is 27.8. The van der Waals surface area contributed by atoms with Crippen LogP contribution in [-0.2, 0) is 74.1 Å². The molecule has 4 aromatic carbocycles. The fourth-order valence-electron chi connectivity index (χ4n) is 8.27. The van der Waals surface area contributed by atoms with Crippen LogP contribution in [0.3, 0.4) is 0 Å². The number of benzene rings is 4. The van der Waals surface area contributed by atoms with Gasteiger partial charge in [-0.05, 0) is 87.0 Å². The maximum atomic E-state index is 14.0. The normalized spacial score (nSPS) is 16.2. The third kappa shape index (κ3) is 19.9. The molecule has 1 saturated carbocycles. The van der Waals surface area contributed by atoms with Gasteiger partial charge in [-0.25, -0.2) is 24.0 Å². The van der Waals surface area contributed by atoms with Crippen molar-refractivity contribution in [2.45, 2.75) is 148 Å². The second-order valence-corrected chi connectivity index (χ2v) is 18.2. The van der Waals surface area contributed by atoms with Gasteiger partial charge >= 0.3 is 30.1 Å². The van der Waals surface area contributed by atoms with Gasteiger partial charge in [-0.15, -0.1) is 0 Å². The van der Waals surface area contributed by atoms with Crippen LogP contribution in [0.5, 0.6) is 0 Å². The minimum Gasteiger partial charge on any atom is -0.459 e. The van der Waals surface area contributed by atoms with Gasteiger partial charge in [0, 0.05) is 5.92 Å². The molecule has 0 radical (unpaired) electrons. The highest BCUT2D eigenvalue weighted by Crippen LogP contribution is 2.32. The molecule has 16 heteroatoms. The number of carbonyl (C=O) groups excluding carboxylic acids is 7. The van der Waals surface area contributed by atoms with Crippen LogP contribution >= 0.6 is 0 Å². The molecule has 0 heterocycles. The van der Waals surface area contributed by atoms with Crippen molar-refractivity contribution in [3.8, 4) is 0 Å². The summed E-state index contributed by atoms with van der Waals surface area (Å²) in [5, 5.41) is 10.5. The van der Waals surface area contributed by atoms with Crippen LogP contribution in [0.4, 0.5) is 9.59 Å². The fourth-order valence-corrected chi connectivity index (χ4v) is 8.27. The molecule has 16 nitrogen and oxygen atoms in total. The fraction of sp³-hybridized carbons (Fsp3) is 0.446. The first-order chi connectivity index (χ1) is 34.9. The van der Waals surface area contributed by atoms with Gasteiger partial charge in [0.25, 0.3) is 0 Å². The van der Waals surface area contributed by atoms with Crippen molar-refractivity contribution in [2.75, 3.05) is 0 Å². The van der Waals surface area contributed by atoms with E-state index in [4.69, 9.17) is 23.7 Å². The standard InChI is InChI=1S/C56H70N4O12/c1-4-5-10-20-41-31-33-46(34-32-41)50(61)60-49(54(65)70-37-44-25-15-8-16-26-44)40(3)72-56(67)58-47(51(62)57-39(2)52(63)68-35-42-21-11-6-12-22-42)29-19-30-48(53(64)69-36-43-23-13-7-14-24-43)59-55(66)71-38-45-27-17-9-18-28-45/h6-9,11-18,21-28,39-41,46-49H,4-5,10,19-20,29-38H2,1-3H3,(H,57,62)(H,58,67)(H,59,66)(H,60,61)/t39-,40?,41?,46?,47-,48?,49?/m1/s1. The van der Waals surface area contributed by atoms with Crippen LogP contribution in [-0.4, -0.2) is 72.2 Å². The van der Waals surface area contributed by atoms with E-state index in [9.17, 15) is 33.6 Å². The van der Waals surface area contributed by atoms with Crippen molar-refractivity contribution in [1.82, 2.24) is 21.3 Å². The zero-order chi connectivity index (χ0) is 51.5. The Morgan fingerprint density at radius 1 is 0.500 bits per heavy atom. The molecule has 1 fully saturated rings. The van der Waals surface area contributed by atoms with Crippen molar-refractivity contribution < 1.29 is 57.2 Å². The number of amides is 4. The molecule has 0 bridgehead atoms. The summed E-state index contributed by atoms with van der Waals surface area (Å²) in [5.41, 5.74) is 2.89. The van der Waals surface area contributed by atoms with Crippen LogP contribution in [0.1, 0.15) is 114 Å². The lowest BCUT2D eigenvalue weighted by Crippen LogP contribution is -2.54. The van der Waals surface area contributed by atoms with Crippen molar-refractivity contribution in [1.29, 1.82) is 0 Å². The Hall–Kier alpha value is -7.23. The van der Waals surface area contributed by atoms with E-state index in [-0.39, 0.29) is 57.5 Å². The van der Waals surface area contributed by atoms with Crippen LogP contribution < -0.4 is 21.3 Å². The van der Waals surface area contributed by atoms with E-state index in [1.807, 2.05) is 24.3 Å². The Morgan fingerprint density at radius 3 is 1.47 bits per heavy atom. The molecule has 5 atom stereocenters. The third-order valence-electron chi connectivity index (χ3n) is 12.5. The Bertz CT molecular complexity index is 2300. The van der Waals surface area contributed by atoms with Crippen LogP contribution in [0.25, 0.3) is 0 Å². The molecule has 0 aromatic heterocycles. The second kappa shape index (κ2) is 30.5. The van der Waals surface area contributed by atoms with Gasteiger partial charge in [-0.2, -0.15) is 0 Å². The van der Waals surface area contributed by atoms with Gasteiger partial charge in [0.15, 0.2) is 6.04 Å². The number of esters is 3. The highest BCUT2D eigenvalue weighted by molar-refractivity contribution is 5.90. The lowest BCUT2D eigenvalue weighted by atomic mass is 9.79. The third-order valence-corrected chi connectivity index (χ3v) is 12.5. The van der Waals surface area contributed by atoms with Gasteiger partial charge in [0.1, 0.15) is 50.7 Å². The van der Waals surface area contributed by atoms with E-state index in [1.54, 1.807) is 97.1 Å². The molecule has 4 aromatic rings. The highest BCUT2D eigenvalue weighted by Gasteiger charge is 2.36. The number of alkyl carbamates (subject to hydrolysis) is 2. The molecule has 3 unspecified atom stereocenters. The number of nitrogens with one attached hydrogen (secondary N) is 4. The van der Waals surface area contributed by atoms with E-state index in [0.717, 1.165) is 43.2 Å². The topological polar surface area (TPSA) is 214 Å². The zero-order valence-corrected chi connectivity index (χ0v) is 41.6. The minimum atomic E-state index is -1.41. The molecular formula is C56H70N4O12. The molecule has 4 N–H and O–H groups in total. The van der Waals surface area contributed by atoms with Gasteiger partial charge in [0.2, 0.25) is 11.8 Å². The first kappa shape index (κ1) is 55.7. The molecule has 386 valence electrons. The maximum Gasteiger partial charge on any atom is 0.408 e. The van der Waals surface area contributed by atoms with Gasteiger partial charge < -0.3 is 45.0 Å². The summed E-state index contributed by atoms with van der Waals surface area (Å²) in [6, 6.07) is 30.7. The van der Waals surface area contributed by atoms with Crippen molar-refractivity contribution in [3.05, 3.63) is 144 Å². The largest absolute Gasteiger partial charge is 0.459 e. The van der Waals surface area contributed by atoms with E-state index in [1.165, 1.54) is 20.3 Å². The molecule has 0 spiro atoms. The molecule has 4 amide bonds. The Kier molecular flexibility index (Phi) is 23.6. The quantitative estimate of drug-likeness (QED) is 0.0251. The zero-order valence-electron chi connectivity index (χ0n) is 41.6. The lowest BCUT2D eigenvalue weighted by molar-refractivity contribution is -0.153. The van der Waals surface area contributed by atoms with E-state index >= 15 is 0 Å². The molecule has 5 rings (SSSR count). The summed E-state index contributed by atoms with van der Waals surface area (Å²) in [4.78, 5) is 95.0. The average Bonchev–Trinajstić information content (AvgIpc) is 3.40. The summed E-state index contributed by atoms with van der Waals surface area (Å²) in [6.45, 7) is 4.76. The van der Waals surface area contributed by atoms with Crippen LogP contribution in [0.15, 0.2) is 121 Å². The lowest BCUT2D eigenvalue weighted by Gasteiger charge is -2.30. The summed E-state index contributed by atoms with van der Waals surface area (Å²) >= 11 is 0. The summed E-state index contributed by atoms with van der Waals surface area (Å²) in [6.07, 6.45) is 4.25. The summed E-state index contributed by atoms with van der Waals surface area (Å²) in [7, 11) is 0. The molecule has 1 aliphatic carbocycles. The van der Waals surface area contributed by atoms with Gasteiger partial charge in [0.05, 0.1) is 0 Å². The van der Waals surface area contributed by atoms with Crippen molar-refractivity contribution >= 4 is 41.9 Å². The predicted molar refractivity (Wildman–Crippen MR) is 268 cm³/mol. The molecule has 0 saturated heterocycles. The second-order valence-electron chi connectivity index (χ2n) is 18.2. The smallest absolute Gasteiger partial charge is 0.408 e. The first-order valence-corrected chi connectivity index (χ1v) is 25.0. The first-order valence-electron chi connectivity index (χ1n) is 25.0. The van der Waals surface area contributed by atoms with E-state index < -0.39 is 66.3 Å². The monoisotopic (exact) mass is 990 g/mol. The van der Waals surface area contributed by atoms with Gasteiger partial charge in [-0.3, -0.25) is 9.59 Å². The highest BCUT2D eigenvalue weighted by atomic mass is 16.6. The van der Waals surface area contributed by atoms with E-state index in [2.05, 4.69) is 28.2 Å². The SMILES string of the molecule is CCCCCC1CCC(C(=O)NC(C(=O)OCc2ccccc2)C(C)OC(=O)N[C@H](CCCC(NC(=O)OCc2ccccc2)C(=O)OCc2ccccc2)C(=O)N[C@H](C)C(=O)OCc2ccccc2)CC1. The van der Waals surface area contributed by atoms with Crippen LogP contribution in [0.2, 0.25) is 0 Å². The number of hydrogen-bond acceptors (Lipinski definition) is 12. The Balaban J connectivity index is 1.28. The Morgan fingerprint density at radius 2 is 0.958 bits per heavy atom. The number of carbonyl (C=O) groups is 7. The number of hydrogen-bond donors (Lipinski definition) is 4. The number of unbranched alkanes of at least 4 members (excludes halogenated alkanes) is 2. The molecular weight excluding hydrogens is 921 g/mol. The van der Waals surface area contributed by atoms with E-state index in [0.29, 0.717) is 29.9 Å².